The summed E-state index contributed by atoms with van der Waals surface area (Å²) in [6.07, 6.45) is 1.99. The number of hydrogen-bond donors (Lipinski definition) is 0. The Labute approximate surface area is 126 Å². The van der Waals surface area contributed by atoms with Crippen molar-refractivity contribution in [2.24, 2.45) is 0 Å². The lowest BCUT2D eigenvalue weighted by Gasteiger charge is -2.31. The van der Waals surface area contributed by atoms with Crippen molar-refractivity contribution in [3.8, 4) is 6.07 Å². The number of benzene rings is 1. The number of sulfonamides is 1. The van der Waals surface area contributed by atoms with Crippen LogP contribution in [0.25, 0.3) is 0 Å². The SMILES string of the molecule is CCOC1CCCN(S(=O)(=O)c2ccc(CC#N)cc2)C1. The van der Waals surface area contributed by atoms with E-state index in [4.69, 9.17) is 10.00 Å². The van der Waals surface area contributed by atoms with Gasteiger partial charge in [-0.25, -0.2) is 8.42 Å². The Bertz CT molecular complexity index is 603. The van der Waals surface area contributed by atoms with Gasteiger partial charge in [-0.1, -0.05) is 12.1 Å². The van der Waals surface area contributed by atoms with Crippen LogP contribution < -0.4 is 0 Å². The molecule has 0 amide bonds. The number of nitrogens with zero attached hydrogens (tertiary/aromatic N) is 2. The van der Waals surface area contributed by atoms with Gasteiger partial charge < -0.3 is 4.74 Å². The number of ether oxygens (including phenoxy) is 1. The highest BCUT2D eigenvalue weighted by atomic mass is 32.2. The zero-order valence-corrected chi connectivity index (χ0v) is 13.0. The number of rotatable bonds is 5. The fraction of sp³-hybridized carbons (Fsp3) is 0.533. The van der Waals surface area contributed by atoms with Crippen LogP contribution in [0.1, 0.15) is 25.3 Å². The summed E-state index contributed by atoms with van der Waals surface area (Å²) in [4.78, 5) is 0.279. The molecule has 0 spiro atoms. The number of hydrogen-bond acceptors (Lipinski definition) is 4. The average Bonchev–Trinajstić information content (AvgIpc) is 2.49. The van der Waals surface area contributed by atoms with Gasteiger partial charge in [0.1, 0.15) is 0 Å². The Morgan fingerprint density at radius 2 is 2.10 bits per heavy atom. The van der Waals surface area contributed by atoms with E-state index in [2.05, 4.69) is 0 Å². The van der Waals surface area contributed by atoms with Gasteiger partial charge in [-0.05, 0) is 37.5 Å². The van der Waals surface area contributed by atoms with Crippen molar-refractivity contribution in [3.05, 3.63) is 29.8 Å². The van der Waals surface area contributed by atoms with E-state index >= 15 is 0 Å². The monoisotopic (exact) mass is 308 g/mol. The van der Waals surface area contributed by atoms with Crippen LogP contribution in [0, 0.1) is 11.3 Å². The van der Waals surface area contributed by atoms with Gasteiger partial charge in [0.25, 0.3) is 0 Å². The summed E-state index contributed by atoms with van der Waals surface area (Å²) in [6, 6.07) is 8.59. The van der Waals surface area contributed by atoms with E-state index in [1.54, 1.807) is 24.3 Å². The molecule has 1 unspecified atom stereocenters. The Morgan fingerprint density at radius 3 is 2.71 bits per heavy atom. The average molecular weight is 308 g/mol. The Balaban J connectivity index is 2.15. The molecule has 0 bridgehead atoms. The van der Waals surface area contributed by atoms with Gasteiger partial charge in [0, 0.05) is 19.7 Å². The Kier molecular flexibility index (Phi) is 5.34. The van der Waals surface area contributed by atoms with Crippen LogP contribution >= 0.6 is 0 Å². The first-order chi connectivity index (χ1) is 10.1. The molecule has 0 radical (unpaired) electrons. The highest BCUT2D eigenvalue weighted by Gasteiger charge is 2.30. The van der Waals surface area contributed by atoms with Crippen molar-refractivity contribution in [2.45, 2.75) is 37.2 Å². The van der Waals surface area contributed by atoms with E-state index in [9.17, 15) is 8.42 Å². The molecular weight excluding hydrogens is 288 g/mol. The lowest BCUT2D eigenvalue weighted by molar-refractivity contribution is 0.0265. The highest BCUT2D eigenvalue weighted by molar-refractivity contribution is 7.89. The molecule has 1 heterocycles. The molecule has 1 fully saturated rings. The first kappa shape index (κ1) is 16.0. The third-order valence-electron chi connectivity index (χ3n) is 3.59. The van der Waals surface area contributed by atoms with Gasteiger partial charge in [0.05, 0.1) is 23.5 Å². The van der Waals surface area contributed by atoms with Gasteiger partial charge in [-0.15, -0.1) is 0 Å². The molecular formula is C15H20N2O3S. The molecule has 114 valence electrons. The molecule has 2 rings (SSSR count). The molecule has 0 aromatic heterocycles. The normalized spacial score (nSPS) is 20.1. The first-order valence-corrected chi connectivity index (χ1v) is 8.59. The second-order valence-corrected chi connectivity index (χ2v) is 7.00. The molecule has 0 N–H and O–H groups in total. The van der Waals surface area contributed by atoms with Crippen molar-refractivity contribution in [2.75, 3.05) is 19.7 Å². The zero-order chi connectivity index (χ0) is 15.3. The predicted molar refractivity (Wildman–Crippen MR) is 79.2 cm³/mol. The molecule has 1 aromatic rings. The molecule has 1 aliphatic heterocycles. The Hall–Kier alpha value is -1.42. The van der Waals surface area contributed by atoms with Crippen LogP contribution in [0.3, 0.4) is 0 Å². The summed E-state index contributed by atoms with van der Waals surface area (Å²) in [6.45, 7) is 3.46. The third-order valence-corrected chi connectivity index (χ3v) is 5.47. The van der Waals surface area contributed by atoms with Crippen molar-refractivity contribution in [3.63, 3.8) is 0 Å². The second-order valence-electron chi connectivity index (χ2n) is 5.06. The van der Waals surface area contributed by atoms with E-state index in [-0.39, 0.29) is 17.4 Å². The number of piperidine rings is 1. The summed E-state index contributed by atoms with van der Waals surface area (Å²) < 4.78 is 32.3. The van der Waals surface area contributed by atoms with Crippen LogP contribution in [0.2, 0.25) is 0 Å². The van der Waals surface area contributed by atoms with E-state index in [1.165, 1.54) is 4.31 Å². The zero-order valence-electron chi connectivity index (χ0n) is 12.2. The van der Waals surface area contributed by atoms with Gasteiger partial charge in [0.2, 0.25) is 10.0 Å². The van der Waals surface area contributed by atoms with Crippen molar-refractivity contribution >= 4 is 10.0 Å². The minimum Gasteiger partial charge on any atom is -0.377 e. The largest absolute Gasteiger partial charge is 0.377 e. The predicted octanol–water partition coefficient (Wildman–Crippen LogP) is 1.94. The summed E-state index contributed by atoms with van der Waals surface area (Å²) >= 11 is 0. The van der Waals surface area contributed by atoms with Crippen molar-refractivity contribution in [1.82, 2.24) is 4.31 Å². The van der Waals surface area contributed by atoms with Crippen LogP contribution in [0.5, 0.6) is 0 Å². The molecule has 0 saturated carbocycles. The number of nitriles is 1. The van der Waals surface area contributed by atoms with E-state index in [0.29, 0.717) is 19.7 Å². The van der Waals surface area contributed by atoms with Crippen LogP contribution in [-0.2, 0) is 21.2 Å². The fourth-order valence-corrected chi connectivity index (χ4v) is 4.02. The molecule has 1 saturated heterocycles. The first-order valence-electron chi connectivity index (χ1n) is 7.15. The maximum Gasteiger partial charge on any atom is 0.243 e. The molecule has 1 aliphatic rings. The molecule has 6 heteroatoms. The van der Waals surface area contributed by atoms with Gasteiger partial charge >= 0.3 is 0 Å². The quantitative estimate of drug-likeness (QED) is 0.833. The van der Waals surface area contributed by atoms with E-state index in [1.807, 2.05) is 13.0 Å². The van der Waals surface area contributed by atoms with Crippen molar-refractivity contribution < 1.29 is 13.2 Å². The van der Waals surface area contributed by atoms with Gasteiger partial charge in [-0.3, -0.25) is 0 Å². The summed E-state index contributed by atoms with van der Waals surface area (Å²) in [5, 5.41) is 8.64. The topological polar surface area (TPSA) is 70.4 Å². The summed E-state index contributed by atoms with van der Waals surface area (Å²) in [5.41, 5.74) is 0.822. The van der Waals surface area contributed by atoms with Gasteiger partial charge in [-0.2, -0.15) is 9.57 Å². The maximum atomic E-state index is 12.6. The molecule has 1 aromatic carbocycles. The van der Waals surface area contributed by atoms with Crippen molar-refractivity contribution in [1.29, 1.82) is 5.26 Å². The third kappa shape index (κ3) is 3.82. The lowest BCUT2D eigenvalue weighted by atomic mass is 10.1. The fourth-order valence-electron chi connectivity index (χ4n) is 2.51. The van der Waals surface area contributed by atoms with Crippen LogP contribution in [-0.4, -0.2) is 38.5 Å². The molecule has 5 nitrogen and oxygen atoms in total. The van der Waals surface area contributed by atoms with Crippen LogP contribution in [0.15, 0.2) is 29.2 Å². The van der Waals surface area contributed by atoms with E-state index in [0.717, 1.165) is 18.4 Å². The van der Waals surface area contributed by atoms with Crippen LogP contribution in [0.4, 0.5) is 0 Å². The standard InChI is InChI=1S/C15H20N2O3S/c1-2-20-14-4-3-11-17(12-14)21(18,19)15-7-5-13(6-8-15)9-10-16/h5-8,14H,2-4,9,11-12H2,1H3. The lowest BCUT2D eigenvalue weighted by Crippen LogP contribution is -2.43. The minimum absolute atomic E-state index is 0.0172. The summed E-state index contributed by atoms with van der Waals surface area (Å²) in [7, 11) is -3.47. The molecule has 21 heavy (non-hydrogen) atoms. The maximum absolute atomic E-state index is 12.6. The van der Waals surface area contributed by atoms with E-state index < -0.39 is 10.0 Å². The van der Waals surface area contributed by atoms with Gasteiger partial charge in [0.15, 0.2) is 0 Å². The highest BCUT2D eigenvalue weighted by Crippen LogP contribution is 2.22. The second kappa shape index (κ2) is 7.03. The molecule has 1 atom stereocenters. The molecule has 0 aliphatic carbocycles. The summed E-state index contributed by atoms with van der Waals surface area (Å²) in [5.74, 6) is 0. The minimum atomic E-state index is -3.47. The smallest absolute Gasteiger partial charge is 0.243 e. The Morgan fingerprint density at radius 1 is 1.38 bits per heavy atom.